The Bertz CT molecular complexity index is 1290. The molecule has 0 radical (unpaired) electrons. The molecule has 4 rings (SSSR count). The number of carbonyl (C=O) groups excluding carboxylic acids is 1. The first-order valence-corrected chi connectivity index (χ1v) is 21.9. The van der Waals surface area contributed by atoms with Gasteiger partial charge in [-0.15, -0.1) is 0 Å². The maximum Gasteiger partial charge on any atom is 0.314 e. The summed E-state index contributed by atoms with van der Waals surface area (Å²) < 4.78 is 55.0. The Labute approximate surface area is 324 Å². The molecule has 298 valence electrons. The van der Waals surface area contributed by atoms with Gasteiger partial charge in [0.2, 0.25) is 0 Å². The van der Waals surface area contributed by atoms with Crippen molar-refractivity contribution in [3.63, 3.8) is 0 Å². The van der Waals surface area contributed by atoms with E-state index in [0.29, 0.717) is 57.8 Å². The lowest BCUT2D eigenvalue weighted by atomic mass is 9.66. The lowest BCUT2D eigenvalue weighted by molar-refractivity contribution is -0.145. The lowest BCUT2D eigenvalue weighted by Gasteiger charge is -2.37. The van der Waals surface area contributed by atoms with Crippen molar-refractivity contribution in [3.8, 4) is 5.75 Å². The first kappa shape index (κ1) is 45.2. The highest BCUT2D eigenvalue weighted by atomic mass is 32.2. The van der Waals surface area contributed by atoms with Crippen LogP contribution < -0.4 is 4.74 Å². The van der Waals surface area contributed by atoms with Crippen molar-refractivity contribution in [3.05, 3.63) is 54.1 Å². The molecule has 4 nitrogen and oxygen atoms in total. The average Bonchev–Trinajstić information content (AvgIpc) is 3.14. The maximum atomic E-state index is 12.5. The predicted molar refractivity (Wildman–Crippen MR) is 210 cm³/mol. The largest absolute Gasteiger partial charge is 0.481 e. The van der Waals surface area contributed by atoms with Gasteiger partial charge < -0.3 is 9.84 Å². The Morgan fingerprint density at radius 1 is 0.660 bits per heavy atom. The fourth-order valence-electron chi connectivity index (χ4n) is 7.87. The number of unbranched alkanes of at least 4 members (excludes halogenated alkanes) is 9. The summed E-state index contributed by atoms with van der Waals surface area (Å²) in [6.45, 7) is 4.46. The molecular weight excluding hydrogens is 721 g/mol. The van der Waals surface area contributed by atoms with Crippen molar-refractivity contribution in [2.45, 2.75) is 175 Å². The number of rotatable bonds is 21. The molecule has 0 aromatic heterocycles. The molecule has 0 spiro atoms. The zero-order valence-electron chi connectivity index (χ0n) is 31.9. The second-order valence-electron chi connectivity index (χ2n) is 15.0. The van der Waals surface area contributed by atoms with Gasteiger partial charge in [0.05, 0.1) is 11.3 Å². The summed E-state index contributed by atoms with van der Waals surface area (Å²) in [6, 6.07) is 13.0. The van der Waals surface area contributed by atoms with Gasteiger partial charge in [-0.2, -0.15) is 17.6 Å². The van der Waals surface area contributed by atoms with Gasteiger partial charge in [-0.3, -0.25) is 9.59 Å². The van der Waals surface area contributed by atoms with Gasteiger partial charge in [-0.1, -0.05) is 133 Å². The van der Waals surface area contributed by atoms with Crippen LogP contribution in [0, 0.1) is 17.8 Å². The van der Waals surface area contributed by atoms with Crippen LogP contribution >= 0.6 is 23.5 Å². The molecule has 2 aromatic rings. The molecule has 0 bridgehead atoms. The summed E-state index contributed by atoms with van der Waals surface area (Å²) in [6.07, 6.45) is 24.0. The van der Waals surface area contributed by atoms with Gasteiger partial charge in [0, 0.05) is 9.79 Å². The quantitative estimate of drug-likeness (QED) is 0.0447. The minimum Gasteiger partial charge on any atom is -0.481 e. The number of carboxylic acids is 1. The van der Waals surface area contributed by atoms with Crippen molar-refractivity contribution in [2.24, 2.45) is 17.8 Å². The van der Waals surface area contributed by atoms with Crippen LogP contribution in [0.1, 0.15) is 154 Å². The van der Waals surface area contributed by atoms with Crippen LogP contribution in [0.15, 0.2) is 58.3 Å². The average molecular weight is 783 g/mol. The van der Waals surface area contributed by atoms with E-state index in [0.717, 1.165) is 50.0 Å². The van der Waals surface area contributed by atoms with Crippen molar-refractivity contribution in [1.82, 2.24) is 0 Å². The third-order valence-electron chi connectivity index (χ3n) is 11.1. The predicted octanol–water partition coefficient (Wildman–Crippen LogP) is 14.3. The zero-order chi connectivity index (χ0) is 38.5. The molecule has 2 saturated carbocycles. The van der Waals surface area contributed by atoms with E-state index in [1.54, 1.807) is 48.5 Å². The number of carbonyl (C=O) groups is 2. The Kier molecular flexibility index (Phi) is 21.4. The number of benzene rings is 2. The van der Waals surface area contributed by atoms with E-state index in [9.17, 15) is 32.3 Å². The smallest absolute Gasteiger partial charge is 0.314 e. The molecule has 10 heteroatoms. The van der Waals surface area contributed by atoms with Crippen molar-refractivity contribution < 1.29 is 37.0 Å². The molecule has 2 aliphatic rings. The summed E-state index contributed by atoms with van der Waals surface area (Å²) in [7, 11) is 0. The number of alkyl halides is 4. The maximum absolute atomic E-state index is 12.5. The highest BCUT2D eigenvalue weighted by Crippen LogP contribution is 2.44. The van der Waals surface area contributed by atoms with Gasteiger partial charge in [-0.05, 0) is 105 Å². The molecule has 2 aliphatic carbocycles. The van der Waals surface area contributed by atoms with E-state index in [4.69, 9.17) is 4.74 Å². The Morgan fingerprint density at radius 2 is 1.09 bits per heavy atom. The first-order valence-electron chi connectivity index (χ1n) is 20.1. The Hall–Kier alpha value is -2.20. The van der Waals surface area contributed by atoms with E-state index in [2.05, 4.69) is 13.8 Å². The number of halogens is 4. The van der Waals surface area contributed by atoms with Crippen LogP contribution in [0.25, 0.3) is 0 Å². The normalized spacial score (nSPS) is 21.6. The Morgan fingerprint density at radius 3 is 1.55 bits per heavy atom. The van der Waals surface area contributed by atoms with Crippen molar-refractivity contribution >= 4 is 35.5 Å². The van der Waals surface area contributed by atoms with E-state index in [1.165, 1.54) is 83.5 Å². The highest BCUT2D eigenvalue weighted by Gasteiger charge is 2.43. The van der Waals surface area contributed by atoms with E-state index in [1.807, 2.05) is 0 Å². The third-order valence-corrected chi connectivity index (χ3v) is 12.6. The number of carboxylic acid groups (broad SMARTS) is 1. The zero-order valence-corrected chi connectivity index (χ0v) is 33.5. The monoisotopic (exact) mass is 782 g/mol. The number of esters is 1. The minimum atomic E-state index is -2.46. The number of ether oxygens (including phenoxy) is 1. The topological polar surface area (TPSA) is 63.6 Å². The number of hydrogen-bond donors (Lipinski definition) is 1. The molecule has 0 heterocycles. The highest BCUT2D eigenvalue weighted by molar-refractivity contribution is 7.99. The SMILES string of the molecule is CCCCCCCC[C@H]1CC[C@@](C(=O)O)(c2ccc(SC(F)F)cc2)CC1.CCCCCCC[C@H]1CC[C@H](C(=O)Oc2ccc(SC(F)F)cc2)CC1. The molecule has 0 atom stereocenters. The summed E-state index contributed by atoms with van der Waals surface area (Å²) in [5, 5.41) is 9.91. The van der Waals surface area contributed by atoms with Crippen LogP contribution in [-0.2, 0) is 15.0 Å². The summed E-state index contributed by atoms with van der Waals surface area (Å²) in [4.78, 5) is 25.4. The Balaban J connectivity index is 0.000000286. The molecular formula is C43H62F4O4S2. The number of hydrogen-bond acceptors (Lipinski definition) is 5. The van der Waals surface area contributed by atoms with Crippen molar-refractivity contribution in [1.29, 1.82) is 0 Å². The second kappa shape index (κ2) is 25.1. The molecule has 0 aliphatic heterocycles. The van der Waals surface area contributed by atoms with E-state index in [-0.39, 0.29) is 11.9 Å². The van der Waals surface area contributed by atoms with Crippen LogP contribution in [0.4, 0.5) is 17.6 Å². The molecule has 1 N–H and O–H groups in total. The summed E-state index contributed by atoms with van der Waals surface area (Å²) in [5.74, 6) is -4.07. The summed E-state index contributed by atoms with van der Waals surface area (Å²) in [5.41, 5.74) is -0.0994. The van der Waals surface area contributed by atoms with Crippen LogP contribution in [0.2, 0.25) is 0 Å². The molecule has 0 saturated heterocycles. The standard InChI is InChI=1S/C22H32F2O2S.C21H30F2O2S/c1-2-3-4-5-6-7-8-17-13-15-22(16-14-17,20(25)26)18-9-11-19(12-10-18)27-21(23)24;1-2-3-4-5-6-7-16-8-10-17(11-9-16)20(24)25-18-12-14-19(15-13-18)26-21(22)23/h9-12,17,21H,2-8,13-16H2,1H3,(H,25,26);12-17,21H,2-11H2,1H3/t17-,22-;16-,17-. The fraction of sp³-hybridized carbons (Fsp3) is 0.674. The number of thioether (sulfide) groups is 2. The first-order chi connectivity index (χ1) is 25.6. The van der Waals surface area contributed by atoms with Crippen molar-refractivity contribution in [2.75, 3.05) is 0 Å². The lowest BCUT2D eigenvalue weighted by Crippen LogP contribution is -2.39. The number of aliphatic carboxylic acids is 1. The molecule has 2 fully saturated rings. The van der Waals surface area contributed by atoms with Gasteiger partial charge >= 0.3 is 11.9 Å². The van der Waals surface area contributed by atoms with Gasteiger partial charge in [0.25, 0.3) is 11.5 Å². The molecule has 2 aromatic carbocycles. The molecule has 0 amide bonds. The van der Waals surface area contributed by atoms with E-state index >= 15 is 0 Å². The van der Waals surface area contributed by atoms with Gasteiger partial charge in [0.15, 0.2) is 0 Å². The van der Waals surface area contributed by atoms with Crippen LogP contribution in [0.5, 0.6) is 5.75 Å². The van der Waals surface area contributed by atoms with Crippen LogP contribution in [-0.4, -0.2) is 28.6 Å². The second-order valence-corrected chi connectivity index (χ2v) is 17.1. The van der Waals surface area contributed by atoms with E-state index < -0.39 is 22.9 Å². The van der Waals surface area contributed by atoms with Crippen LogP contribution in [0.3, 0.4) is 0 Å². The molecule has 0 unspecified atom stereocenters. The van der Waals surface area contributed by atoms with Gasteiger partial charge in [-0.25, -0.2) is 0 Å². The molecule has 53 heavy (non-hydrogen) atoms. The fourth-order valence-corrected chi connectivity index (χ4v) is 8.86. The third kappa shape index (κ3) is 16.6. The minimum absolute atomic E-state index is 0.0264. The van der Waals surface area contributed by atoms with Gasteiger partial charge in [0.1, 0.15) is 5.75 Å². The summed E-state index contributed by atoms with van der Waals surface area (Å²) >= 11 is 0.988.